The standard InChI is InChI=1S/C17H11IN2O3/c18-13-3-1-2-4-14(13)20-17(21)12(9-19)7-11-5-6-15-16(8-11)23-10-22-15/h1-8H,10H2,(H,20,21)/b12-7-. The number of rotatable bonds is 3. The molecule has 0 saturated carbocycles. The number of hydrogen-bond acceptors (Lipinski definition) is 4. The lowest BCUT2D eigenvalue weighted by molar-refractivity contribution is -0.112. The molecule has 0 bridgehead atoms. The number of fused-ring (bicyclic) bond motifs is 1. The van der Waals surface area contributed by atoms with Crippen molar-refractivity contribution < 1.29 is 14.3 Å². The van der Waals surface area contributed by atoms with Crippen molar-refractivity contribution in [3.63, 3.8) is 0 Å². The first-order valence-electron chi connectivity index (χ1n) is 6.75. The second-order valence-corrected chi connectivity index (χ2v) is 5.88. The lowest BCUT2D eigenvalue weighted by Crippen LogP contribution is -2.14. The Morgan fingerprint density at radius 3 is 2.78 bits per heavy atom. The van der Waals surface area contributed by atoms with Crippen molar-refractivity contribution >= 4 is 40.3 Å². The Hall–Kier alpha value is -2.53. The minimum Gasteiger partial charge on any atom is -0.454 e. The van der Waals surface area contributed by atoms with Crippen molar-refractivity contribution in [1.29, 1.82) is 5.26 Å². The van der Waals surface area contributed by atoms with Gasteiger partial charge in [-0.2, -0.15) is 5.26 Å². The number of benzene rings is 2. The smallest absolute Gasteiger partial charge is 0.266 e. The van der Waals surface area contributed by atoms with Gasteiger partial charge in [-0.25, -0.2) is 0 Å². The largest absolute Gasteiger partial charge is 0.454 e. The van der Waals surface area contributed by atoms with Gasteiger partial charge in [0, 0.05) is 3.57 Å². The number of nitrogens with one attached hydrogen (secondary N) is 1. The number of amides is 1. The van der Waals surface area contributed by atoms with Gasteiger partial charge in [0.1, 0.15) is 11.6 Å². The third kappa shape index (κ3) is 3.46. The fraction of sp³-hybridized carbons (Fsp3) is 0.0588. The molecule has 1 amide bonds. The number of carbonyl (C=O) groups is 1. The van der Waals surface area contributed by atoms with Crippen LogP contribution in [0.25, 0.3) is 6.08 Å². The molecule has 2 aromatic carbocycles. The third-order valence-corrected chi connectivity index (χ3v) is 4.14. The first kappa shape index (κ1) is 15.4. The summed E-state index contributed by atoms with van der Waals surface area (Å²) in [6, 6.07) is 14.6. The number of para-hydroxylation sites is 1. The maximum atomic E-state index is 12.3. The molecule has 1 aliphatic heterocycles. The highest BCUT2D eigenvalue weighted by atomic mass is 127. The summed E-state index contributed by atoms with van der Waals surface area (Å²) in [6.45, 7) is 0.181. The van der Waals surface area contributed by atoms with E-state index in [1.807, 2.05) is 24.3 Å². The van der Waals surface area contributed by atoms with E-state index >= 15 is 0 Å². The lowest BCUT2D eigenvalue weighted by atomic mass is 10.1. The summed E-state index contributed by atoms with van der Waals surface area (Å²) in [5, 5.41) is 12.0. The number of ether oxygens (including phenoxy) is 2. The molecular formula is C17H11IN2O3. The van der Waals surface area contributed by atoms with Crippen LogP contribution in [0.2, 0.25) is 0 Å². The Morgan fingerprint density at radius 1 is 1.22 bits per heavy atom. The number of nitriles is 1. The van der Waals surface area contributed by atoms with E-state index in [4.69, 9.17) is 9.47 Å². The summed E-state index contributed by atoms with van der Waals surface area (Å²) in [4.78, 5) is 12.3. The van der Waals surface area contributed by atoms with Crippen molar-refractivity contribution in [3.05, 3.63) is 57.2 Å². The quantitative estimate of drug-likeness (QED) is 0.470. The molecule has 2 aromatic rings. The number of halogens is 1. The molecule has 1 N–H and O–H groups in total. The van der Waals surface area contributed by atoms with E-state index in [-0.39, 0.29) is 12.4 Å². The van der Waals surface area contributed by atoms with Gasteiger partial charge in [-0.05, 0) is 58.5 Å². The summed E-state index contributed by atoms with van der Waals surface area (Å²) < 4.78 is 11.4. The van der Waals surface area contributed by atoms with Crippen LogP contribution < -0.4 is 14.8 Å². The minimum atomic E-state index is -0.450. The van der Waals surface area contributed by atoms with E-state index < -0.39 is 5.91 Å². The van der Waals surface area contributed by atoms with E-state index in [9.17, 15) is 10.1 Å². The third-order valence-electron chi connectivity index (χ3n) is 3.19. The van der Waals surface area contributed by atoms with Crippen LogP contribution in [0, 0.1) is 14.9 Å². The Labute approximate surface area is 146 Å². The zero-order valence-corrected chi connectivity index (χ0v) is 14.0. The molecule has 0 unspecified atom stereocenters. The van der Waals surface area contributed by atoms with Crippen LogP contribution in [0.5, 0.6) is 11.5 Å². The number of nitrogens with zero attached hydrogens (tertiary/aromatic N) is 1. The Bertz CT molecular complexity index is 840. The first-order chi connectivity index (χ1) is 11.2. The van der Waals surface area contributed by atoms with Crippen molar-refractivity contribution in [2.45, 2.75) is 0 Å². The second kappa shape index (κ2) is 6.71. The molecule has 0 saturated heterocycles. The fourth-order valence-electron chi connectivity index (χ4n) is 2.07. The molecular weight excluding hydrogens is 407 g/mol. The molecule has 0 radical (unpaired) electrons. The highest BCUT2D eigenvalue weighted by Gasteiger charge is 2.15. The molecule has 0 fully saturated rings. The summed E-state index contributed by atoms with van der Waals surface area (Å²) in [7, 11) is 0. The lowest BCUT2D eigenvalue weighted by Gasteiger charge is -2.06. The fourth-order valence-corrected chi connectivity index (χ4v) is 2.59. The zero-order chi connectivity index (χ0) is 16.2. The van der Waals surface area contributed by atoms with E-state index in [2.05, 4.69) is 27.9 Å². The number of hydrogen-bond donors (Lipinski definition) is 1. The van der Waals surface area contributed by atoms with E-state index in [0.717, 1.165) is 3.57 Å². The van der Waals surface area contributed by atoms with E-state index in [0.29, 0.717) is 22.7 Å². The number of anilines is 1. The molecule has 0 spiro atoms. The summed E-state index contributed by atoms with van der Waals surface area (Å²) in [5.74, 6) is 0.812. The Kier molecular flexibility index (Phi) is 4.48. The Balaban J connectivity index is 1.83. The van der Waals surface area contributed by atoms with Gasteiger partial charge in [-0.15, -0.1) is 0 Å². The summed E-state index contributed by atoms with van der Waals surface area (Å²) >= 11 is 2.13. The SMILES string of the molecule is N#C/C(=C/c1ccc2c(c1)OCO2)C(=O)Nc1ccccc1I. The molecule has 3 rings (SSSR count). The Morgan fingerprint density at radius 2 is 2.00 bits per heavy atom. The van der Waals surface area contributed by atoms with Gasteiger partial charge in [0.15, 0.2) is 11.5 Å². The normalized spacial score (nSPS) is 12.6. The van der Waals surface area contributed by atoms with Gasteiger partial charge in [0.05, 0.1) is 5.69 Å². The first-order valence-corrected chi connectivity index (χ1v) is 7.82. The van der Waals surface area contributed by atoms with Gasteiger partial charge >= 0.3 is 0 Å². The molecule has 0 atom stereocenters. The molecule has 0 aromatic heterocycles. The van der Waals surface area contributed by atoms with Crippen LogP contribution in [0.3, 0.4) is 0 Å². The molecule has 1 aliphatic rings. The minimum absolute atomic E-state index is 0.0171. The second-order valence-electron chi connectivity index (χ2n) is 4.72. The zero-order valence-electron chi connectivity index (χ0n) is 11.9. The number of carbonyl (C=O) groups excluding carboxylic acids is 1. The van der Waals surface area contributed by atoms with Crippen LogP contribution in [0.15, 0.2) is 48.0 Å². The van der Waals surface area contributed by atoms with Crippen molar-refractivity contribution in [3.8, 4) is 17.6 Å². The van der Waals surface area contributed by atoms with Gasteiger partial charge in [0.25, 0.3) is 5.91 Å². The molecule has 6 heteroatoms. The highest BCUT2D eigenvalue weighted by molar-refractivity contribution is 14.1. The van der Waals surface area contributed by atoms with Crippen LogP contribution in [0.4, 0.5) is 5.69 Å². The average molecular weight is 418 g/mol. The van der Waals surface area contributed by atoms with Gasteiger partial charge < -0.3 is 14.8 Å². The molecule has 23 heavy (non-hydrogen) atoms. The average Bonchev–Trinajstić information content (AvgIpc) is 3.02. The van der Waals surface area contributed by atoms with Crippen molar-refractivity contribution in [2.75, 3.05) is 12.1 Å². The van der Waals surface area contributed by atoms with Gasteiger partial charge in [0.2, 0.25) is 6.79 Å². The monoisotopic (exact) mass is 418 g/mol. The van der Waals surface area contributed by atoms with Crippen LogP contribution in [0.1, 0.15) is 5.56 Å². The van der Waals surface area contributed by atoms with Crippen LogP contribution in [-0.2, 0) is 4.79 Å². The maximum Gasteiger partial charge on any atom is 0.266 e. The predicted molar refractivity (Wildman–Crippen MR) is 93.9 cm³/mol. The van der Waals surface area contributed by atoms with Gasteiger partial charge in [-0.1, -0.05) is 18.2 Å². The predicted octanol–water partition coefficient (Wildman–Crippen LogP) is 3.57. The molecule has 0 aliphatic carbocycles. The van der Waals surface area contributed by atoms with Crippen molar-refractivity contribution in [2.24, 2.45) is 0 Å². The van der Waals surface area contributed by atoms with E-state index in [1.54, 1.807) is 24.3 Å². The maximum absolute atomic E-state index is 12.3. The summed E-state index contributed by atoms with van der Waals surface area (Å²) in [5.41, 5.74) is 1.39. The summed E-state index contributed by atoms with van der Waals surface area (Å²) in [6.07, 6.45) is 1.52. The van der Waals surface area contributed by atoms with Crippen LogP contribution >= 0.6 is 22.6 Å². The molecule has 1 heterocycles. The molecule has 114 valence electrons. The van der Waals surface area contributed by atoms with E-state index in [1.165, 1.54) is 6.08 Å². The van der Waals surface area contributed by atoms with Crippen LogP contribution in [-0.4, -0.2) is 12.7 Å². The highest BCUT2D eigenvalue weighted by Crippen LogP contribution is 2.33. The van der Waals surface area contributed by atoms with Gasteiger partial charge in [-0.3, -0.25) is 4.79 Å². The molecule has 5 nitrogen and oxygen atoms in total. The topological polar surface area (TPSA) is 71.3 Å². The van der Waals surface area contributed by atoms with Crippen molar-refractivity contribution in [1.82, 2.24) is 0 Å².